The molecular formula is C26H34N2O6S. The van der Waals surface area contributed by atoms with Gasteiger partial charge in [-0.3, -0.25) is 4.90 Å². The topological polar surface area (TPSA) is 77.5 Å². The van der Waals surface area contributed by atoms with Crippen LogP contribution in [0.4, 0.5) is 5.69 Å². The van der Waals surface area contributed by atoms with Gasteiger partial charge in [0, 0.05) is 37.5 Å². The first-order valence-corrected chi connectivity index (χ1v) is 13.7. The summed E-state index contributed by atoms with van der Waals surface area (Å²) in [6, 6.07) is 9.99. The van der Waals surface area contributed by atoms with Crippen molar-refractivity contribution < 1.29 is 26.8 Å². The molecule has 0 spiro atoms. The average Bonchev–Trinajstić information content (AvgIpc) is 3.31. The van der Waals surface area contributed by atoms with Gasteiger partial charge in [-0.15, -0.1) is 0 Å². The first-order valence-electron chi connectivity index (χ1n) is 12.3. The number of nitrogens with zero attached hydrogens (tertiary/aromatic N) is 2. The zero-order valence-corrected chi connectivity index (χ0v) is 21.4. The molecule has 1 aliphatic carbocycles. The van der Waals surface area contributed by atoms with Gasteiger partial charge in [-0.25, -0.2) is 0 Å². The monoisotopic (exact) mass is 502 g/mol. The maximum atomic E-state index is 13.1. The van der Waals surface area contributed by atoms with Crippen LogP contribution in [0, 0.1) is 11.8 Å². The maximum Gasteiger partial charge on any atom is 0.339 e. The molecule has 4 atom stereocenters. The molecule has 35 heavy (non-hydrogen) atoms. The number of anilines is 1. The van der Waals surface area contributed by atoms with Crippen molar-refractivity contribution in [1.29, 1.82) is 0 Å². The van der Waals surface area contributed by atoms with Crippen molar-refractivity contribution >= 4 is 15.8 Å². The molecule has 4 unspecified atom stereocenters. The van der Waals surface area contributed by atoms with Gasteiger partial charge < -0.3 is 23.3 Å². The third kappa shape index (κ3) is 5.02. The predicted molar refractivity (Wildman–Crippen MR) is 133 cm³/mol. The van der Waals surface area contributed by atoms with E-state index in [2.05, 4.69) is 16.7 Å². The Balaban J connectivity index is 1.54. The highest BCUT2D eigenvalue weighted by molar-refractivity contribution is 7.87. The van der Waals surface area contributed by atoms with Crippen molar-refractivity contribution in [3.8, 4) is 23.0 Å². The van der Waals surface area contributed by atoms with E-state index < -0.39 is 10.1 Å². The minimum absolute atomic E-state index is 0.0161. The quantitative estimate of drug-likeness (QED) is 0.567. The predicted octanol–water partition coefficient (Wildman–Crippen LogP) is 4.14. The van der Waals surface area contributed by atoms with Crippen LogP contribution in [0.25, 0.3) is 0 Å². The lowest BCUT2D eigenvalue weighted by molar-refractivity contribution is 0.0893. The van der Waals surface area contributed by atoms with Crippen LogP contribution in [0.5, 0.6) is 23.0 Å². The Morgan fingerprint density at radius 2 is 1.83 bits per heavy atom. The van der Waals surface area contributed by atoms with E-state index in [0.29, 0.717) is 29.1 Å². The standard InChI is InChI=1S/C26H34N2O6S/c1-18-16-27-11-12-28(17-27)20-7-9-23(10-8-20)35(29,30)34-22-14-24(31-2)26(32-3)25(15-22)33-21-6-4-5-19(18)13-21/h7-10,14-15,18-19,21H,4-6,11-13,16-17H2,1-3H3. The van der Waals surface area contributed by atoms with E-state index in [9.17, 15) is 8.42 Å². The van der Waals surface area contributed by atoms with E-state index in [4.69, 9.17) is 18.4 Å². The summed E-state index contributed by atoms with van der Waals surface area (Å²) < 4.78 is 49.2. The van der Waals surface area contributed by atoms with Crippen LogP contribution >= 0.6 is 0 Å². The number of hydrogen-bond donors (Lipinski definition) is 0. The number of ether oxygens (including phenoxy) is 3. The van der Waals surface area contributed by atoms with Gasteiger partial charge in [-0.1, -0.05) is 6.92 Å². The number of methoxy groups -OCH3 is 2. The van der Waals surface area contributed by atoms with Gasteiger partial charge in [-0.2, -0.15) is 8.42 Å². The number of fused-ring (bicyclic) bond motifs is 4. The first kappa shape index (κ1) is 24.1. The van der Waals surface area contributed by atoms with E-state index in [1.165, 1.54) is 19.6 Å². The highest BCUT2D eigenvalue weighted by Gasteiger charge is 2.31. The largest absolute Gasteiger partial charge is 0.493 e. The van der Waals surface area contributed by atoms with Crippen LogP contribution in [0.1, 0.15) is 32.6 Å². The van der Waals surface area contributed by atoms with E-state index in [1.807, 2.05) is 12.1 Å². The van der Waals surface area contributed by atoms with Crippen molar-refractivity contribution in [3.05, 3.63) is 36.4 Å². The fraction of sp³-hybridized carbons (Fsp3) is 0.538. The van der Waals surface area contributed by atoms with Gasteiger partial charge in [0.1, 0.15) is 4.90 Å². The summed E-state index contributed by atoms with van der Waals surface area (Å²) in [7, 11) is -0.987. The molecule has 1 saturated heterocycles. The lowest BCUT2D eigenvalue weighted by atomic mass is 9.79. The molecule has 1 saturated carbocycles. The van der Waals surface area contributed by atoms with Crippen molar-refractivity contribution in [3.63, 3.8) is 0 Å². The average molecular weight is 503 g/mol. The molecule has 3 aliphatic heterocycles. The molecule has 0 radical (unpaired) electrons. The fourth-order valence-electron chi connectivity index (χ4n) is 5.59. The highest BCUT2D eigenvalue weighted by Crippen LogP contribution is 2.44. The molecule has 0 amide bonds. The molecule has 2 fully saturated rings. The molecule has 0 aromatic heterocycles. The summed E-state index contributed by atoms with van der Waals surface area (Å²) in [5, 5.41) is 0. The van der Waals surface area contributed by atoms with E-state index >= 15 is 0 Å². The molecule has 8 bridgehead atoms. The summed E-state index contributed by atoms with van der Waals surface area (Å²) in [5.41, 5.74) is 1.01. The lowest BCUT2D eigenvalue weighted by Crippen LogP contribution is -2.35. The molecule has 2 aromatic rings. The summed E-state index contributed by atoms with van der Waals surface area (Å²) in [6.07, 6.45) is 4.21. The summed E-state index contributed by atoms with van der Waals surface area (Å²) >= 11 is 0. The Bertz CT molecular complexity index is 1150. The Labute approximate surface area is 207 Å². The second kappa shape index (κ2) is 9.78. The zero-order valence-electron chi connectivity index (χ0n) is 20.6. The van der Waals surface area contributed by atoms with Crippen LogP contribution in [0.15, 0.2) is 41.3 Å². The van der Waals surface area contributed by atoms with Crippen molar-refractivity contribution in [2.75, 3.05) is 45.4 Å². The van der Waals surface area contributed by atoms with Crippen molar-refractivity contribution in [1.82, 2.24) is 4.90 Å². The second-order valence-electron chi connectivity index (χ2n) is 9.81. The van der Waals surface area contributed by atoms with E-state index in [1.54, 1.807) is 25.3 Å². The minimum Gasteiger partial charge on any atom is -0.493 e. The Hall–Kier alpha value is -2.65. The molecule has 4 aliphatic rings. The van der Waals surface area contributed by atoms with Gasteiger partial charge in [0.15, 0.2) is 17.2 Å². The summed E-state index contributed by atoms with van der Waals surface area (Å²) in [5.74, 6) is 2.47. The van der Waals surface area contributed by atoms with Crippen LogP contribution in [-0.4, -0.2) is 59.9 Å². The fourth-order valence-corrected chi connectivity index (χ4v) is 6.50. The van der Waals surface area contributed by atoms with Gasteiger partial charge in [0.05, 0.1) is 27.0 Å². The molecule has 0 N–H and O–H groups in total. The molecule has 6 rings (SSSR count). The third-order valence-corrected chi connectivity index (χ3v) is 8.74. The van der Waals surface area contributed by atoms with Crippen LogP contribution in [0.3, 0.4) is 0 Å². The highest BCUT2D eigenvalue weighted by atomic mass is 32.2. The van der Waals surface area contributed by atoms with Gasteiger partial charge in [0.2, 0.25) is 5.75 Å². The minimum atomic E-state index is -4.04. The van der Waals surface area contributed by atoms with Gasteiger partial charge >= 0.3 is 10.1 Å². The summed E-state index contributed by atoms with van der Waals surface area (Å²) in [6.45, 7) is 6.17. The van der Waals surface area contributed by atoms with Crippen molar-refractivity contribution in [2.24, 2.45) is 11.8 Å². The Morgan fingerprint density at radius 3 is 2.57 bits per heavy atom. The molecule has 9 heteroatoms. The normalized spacial score (nSPS) is 27.8. The Kier molecular flexibility index (Phi) is 6.72. The van der Waals surface area contributed by atoms with Gasteiger partial charge in [0.25, 0.3) is 0 Å². The smallest absolute Gasteiger partial charge is 0.339 e. The number of benzene rings is 2. The second-order valence-corrected chi connectivity index (χ2v) is 11.4. The molecule has 8 nitrogen and oxygen atoms in total. The number of hydrogen-bond acceptors (Lipinski definition) is 8. The van der Waals surface area contributed by atoms with Crippen LogP contribution < -0.4 is 23.3 Å². The SMILES string of the molecule is COc1cc2cc(c1OC)OC1CCCC(C1)C(C)CN1CCN(C1)c1ccc(cc1)S(=O)(=O)O2. The van der Waals surface area contributed by atoms with E-state index in [-0.39, 0.29) is 16.7 Å². The van der Waals surface area contributed by atoms with Crippen LogP contribution in [-0.2, 0) is 10.1 Å². The third-order valence-electron chi connectivity index (χ3n) is 7.48. The molecule has 3 heterocycles. The van der Waals surface area contributed by atoms with Crippen LogP contribution in [0.2, 0.25) is 0 Å². The molecular weight excluding hydrogens is 468 g/mol. The van der Waals surface area contributed by atoms with Gasteiger partial charge in [-0.05, 0) is 61.8 Å². The molecule has 190 valence electrons. The lowest BCUT2D eigenvalue weighted by Gasteiger charge is -2.35. The van der Waals surface area contributed by atoms with E-state index in [0.717, 1.165) is 51.3 Å². The first-order chi connectivity index (χ1) is 16.9. The zero-order chi connectivity index (χ0) is 24.6. The Morgan fingerprint density at radius 1 is 1.03 bits per heavy atom. The summed E-state index contributed by atoms with van der Waals surface area (Å²) in [4.78, 5) is 4.88. The maximum absolute atomic E-state index is 13.1. The van der Waals surface area contributed by atoms with Crippen molar-refractivity contribution in [2.45, 2.75) is 43.6 Å². The number of rotatable bonds is 2. The molecule has 2 aromatic carbocycles.